The van der Waals surface area contributed by atoms with E-state index in [1.165, 1.54) is 6.92 Å². The number of unbranched alkanes of at least 4 members (excludes halogenated alkanes) is 1. The van der Waals surface area contributed by atoms with E-state index in [-0.39, 0.29) is 25.3 Å². The highest BCUT2D eigenvalue weighted by Crippen LogP contribution is 2.06. The minimum absolute atomic E-state index is 0.0606. The third-order valence-electron chi connectivity index (χ3n) is 5.53. The number of carboxylic acid groups (broad SMARTS) is 1. The number of guanidine groups is 1. The maximum atomic E-state index is 13.0. The van der Waals surface area contributed by atoms with Crippen molar-refractivity contribution < 1.29 is 24.3 Å². The number of carbonyl (C=O) groups is 4. The molecule has 0 radical (unpaired) electrons. The zero-order valence-electron chi connectivity index (χ0n) is 21.2. The number of nitrogens with two attached hydrogens (primary N) is 4. The highest BCUT2D eigenvalue weighted by atomic mass is 16.4. The summed E-state index contributed by atoms with van der Waals surface area (Å²) in [5.74, 6) is -3.13. The molecule has 0 saturated heterocycles. The monoisotopic (exact) mass is 520 g/mol. The molecule has 0 fully saturated rings. The number of nitrogens with zero attached hydrogens (tertiary/aromatic N) is 1. The lowest BCUT2D eigenvalue weighted by Gasteiger charge is -2.24. The highest BCUT2D eigenvalue weighted by Gasteiger charge is 2.28. The van der Waals surface area contributed by atoms with Gasteiger partial charge in [-0.1, -0.05) is 36.8 Å². The third kappa shape index (κ3) is 12.7. The SMILES string of the molecule is CC(NC(=O)C(N)CCCCN)C(=O)NC(CCCN=C(N)N)C(=O)NC(Cc1ccccc1)C(=O)O. The molecule has 1 aromatic carbocycles. The van der Waals surface area contributed by atoms with Crippen molar-refractivity contribution in [2.24, 2.45) is 27.9 Å². The molecular weight excluding hydrogens is 480 g/mol. The van der Waals surface area contributed by atoms with Gasteiger partial charge >= 0.3 is 5.97 Å². The van der Waals surface area contributed by atoms with Crippen LogP contribution < -0.4 is 38.9 Å². The van der Waals surface area contributed by atoms with Crippen molar-refractivity contribution in [3.05, 3.63) is 35.9 Å². The summed E-state index contributed by atoms with van der Waals surface area (Å²) in [4.78, 5) is 53.8. The van der Waals surface area contributed by atoms with Crippen molar-refractivity contribution in [2.45, 2.75) is 69.6 Å². The molecule has 0 aliphatic heterocycles. The summed E-state index contributed by atoms with van der Waals surface area (Å²) in [5.41, 5.74) is 22.7. The molecule has 0 bridgehead atoms. The van der Waals surface area contributed by atoms with Gasteiger partial charge in [0.25, 0.3) is 0 Å². The van der Waals surface area contributed by atoms with Crippen LogP contribution in [0.4, 0.5) is 0 Å². The molecule has 0 heterocycles. The Kier molecular flexibility index (Phi) is 14.3. The Morgan fingerprint density at radius 1 is 0.892 bits per heavy atom. The molecule has 1 rings (SSSR count). The minimum atomic E-state index is -1.22. The summed E-state index contributed by atoms with van der Waals surface area (Å²) in [6.07, 6.45) is 2.35. The van der Waals surface area contributed by atoms with Gasteiger partial charge in [-0.3, -0.25) is 19.4 Å². The lowest BCUT2D eigenvalue weighted by Crippen LogP contribution is -2.56. The first-order valence-corrected chi connectivity index (χ1v) is 12.2. The van der Waals surface area contributed by atoms with Crippen LogP contribution in [0, 0.1) is 0 Å². The number of amides is 3. The second kappa shape index (κ2) is 16.9. The minimum Gasteiger partial charge on any atom is -0.480 e. The van der Waals surface area contributed by atoms with Gasteiger partial charge in [0.15, 0.2) is 5.96 Å². The van der Waals surface area contributed by atoms with Gasteiger partial charge in [0.05, 0.1) is 6.04 Å². The zero-order chi connectivity index (χ0) is 27.8. The summed E-state index contributed by atoms with van der Waals surface area (Å²) in [5, 5.41) is 17.2. The molecule has 0 saturated carbocycles. The van der Waals surface area contributed by atoms with Crippen LogP contribution in [-0.4, -0.2) is 72.0 Å². The van der Waals surface area contributed by atoms with E-state index in [9.17, 15) is 24.3 Å². The fourth-order valence-electron chi connectivity index (χ4n) is 3.42. The van der Waals surface area contributed by atoms with E-state index in [2.05, 4.69) is 20.9 Å². The van der Waals surface area contributed by atoms with Crippen molar-refractivity contribution >= 4 is 29.7 Å². The first-order chi connectivity index (χ1) is 17.5. The van der Waals surface area contributed by atoms with Gasteiger partial charge in [-0.15, -0.1) is 0 Å². The first-order valence-electron chi connectivity index (χ1n) is 12.2. The standard InChI is InChI=1S/C24H40N8O5/c1-15(30-21(34)17(26)10-5-6-12-25)20(33)31-18(11-7-13-29-24(27)28)22(35)32-19(23(36)37)14-16-8-3-2-4-9-16/h2-4,8-9,15,17-19H,5-7,10-14,25-26H2,1H3,(H,30,34)(H,31,33)(H,32,35)(H,36,37)(H4,27,28,29). The maximum Gasteiger partial charge on any atom is 0.326 e. The molecule has 4 unspecified atom stereocenters. The fourth-order valence-corrected chi connectivity index (χ4v) is 3.42. The van der Waals surface area contributed by atoms with E-state index < -0.39 is 47.9 Å². The van der Waals surface area contributed by atoms with Crippen LogP contribution >= 0.6 is 0 Å². The molecule has 13 heteroatoms. The van der Waals surface area contributed by atoms with E-state index in [0.29, 0.717) is 25.8 Å². The summed E-state index contributed by atoms with van der Waals surface area (Å²) in [6.45, 7) is 2.16. The Bertz CT molecular complexity index is 908. The number of benzene rings is 1. The average molecular weight is 521 g/mol. The van der Waals surface area contributed by atoms with Crippen molar-refractivity contribution in [2.75, 3.05) is 13.1 Å². The van der Waals surface area contributed by atoms with Gasteiger partial charge in [0.1, 0.15) is 18.1 Å². The second-order valence-electron chi connectivity index (χ2n) is 8.72. The normalized spacial score (nSPS) is 13.9. The van der Waals surface area contributed by atoms with Crippen molar-refractivity contribution in [3.8, 4) is 0 Å². The molecule has 13 nitrogen and oxygen atoms in total. The van der Waals surface area contributed by atoms with Crippen LogP contribution in [-0.2, 0) is 25.6 Å². The quantitative estimate of drug-likeness (QED) is 0.0662. The Labute approximate surface area is 216 Å². The predicted octanol–water partition coefficient (Wildman–Crippen LogP) is -1.70. The van der Waals surface area contributed by atoms with Crippen molar-refractivity contribution in [3.63, 3.8) is 0 Å². The smallest absolute Gasteiger partial charge is 0.326 e. The molecule has 0 aliphatic rings. The summed E-state index contributed by atoms with van der Waals surface area (Å²) >= 11 is 0. The maximum absolute atomic E-state index is 13.0. The van der Waals surface area contributed by atoms with Crippen molar-refractivity contribution in [1.82, 2.24) is 16.0 Å². The van der Waals surface area contributed by atoms with Crippen LogP contribution in [0.5, 0.6) is 0 Å². The third-order valence-corrected chi connectivity index (χ3v) is 5.53. The van der Waals surface area contributed by atoms with Crippen LogP contribution in [0.25, 0.3) is 0 Å². The number of rotatable bonds is 17. The highest BCUT2D eigenvalue weighted by molar-refractivity contribution is 5.93. The van der Waals surface area contributed by atoms with Crippen molar-refractivity contribution in [1.29, 1.82) is 0 Å². The Morgan fingerprint density at radius 3 is 2.14 bits per heavy atom. The number of aliphatic imine (C=N–C) groups is 1. The fraction of sp³-hybridized carbons (Fsp3) is 0.542. The molecule has 1 aromatic rings. The predicted molar refractivity (Wildman–Crippen MR) is 140 cm³/mol. The van der Waals surface area contributed by atoms with E-state index in [0.717, 1.165) is 12.0 Å². The molecule has 0 spiro atoms. The van der Waals surface area contributed by atoms with Crippen LogP contribution in [0.15, 0.2) is 35.3 Å². The Balaban J connectivity index is 2.85. The lowest BCUT2D eigenvalue weighted by atomic mass is 10.0. The molecule has 3 amide bonds. The summed E-state index contributed by atoms with van der Waals surface area (Å²) in [6, 6.07) is 4.75. The molecule has 0 aliphatic carbocycles. The molecule has 12 N–H and O–H groups in total. The van der Waals surface area contributed by atoms with E-state index in [4.69, 9.17) is 22.9 Å². The number of hydrogen-bond donors (Lipinski definition) is 8. The largest absolute Gasteiger partial charge is 0.480 e. The van der Waals surface area contributed by atoms with Crippen LogP contribution in [0.2, 0.25) is 0 Å². The summed E-state index contributed by atoms with van der Waals surface area (Å²) < 4.78 is 0. The Hall–Kier alpha value is -3.71. The molecule has 206 valence electrons. The van der Waals surface area contributed by atoms with Gasteiger partial charge in [-0.25, -0.2) is 4.79 Å². The topological polar surface area (TPSA) is 241 Å². The summed E-state index contributed by atoms with van der Waals surface area (Å²) in [7, 11) is 0. The Morgan fingerprint density at radius 2 is 1.54 bits per heavy atom. The number of carbonyl (C=O) groups excluding carboxylic acids is 3. The van der Waals surface area contributed by atoms with Gasteiger partial charge in [-0.05, 0) is 44.7 Å². The first kappa shape index (κ1) is 31.3. The van der Waals surface area contributed by atoms with E-state index in [1.807, 2.05) is 0 Å². The van der Waals surface area contributed by atoms with Gasteiger partial charge < -0.3 is 44.0 Å². The van der Waals surface area contributed by atoms with Gasteiger partial charge in [0, 0.05) is 13.0 Å². The number of nitrogens with one attached hydrogen (secondary N) is 3. The van der Waals surface area contributed by atoms with Gasteiger partial charge in [-0.2, -0.15) is 0 Å². The number of carboxylic acids is 1. The van der Waals surface area contributed by atoms with Crippen LogP contribution in [0.1, 0.15) is 44.6 Å². The molecular formula is C24H40N8O5. The molecule has 4 atom stereocenters. The average Bonchev–Trinajstić information content (AvgIpc) is 2.85. The van der Waals surface area contributed by atoms with E-state index in [1.54, 1.807) is 30.3 Å². The van der Waals surface area contributed by atoms with Crippen LogP contribution in [0.3, 0.4) is 0 Å². The second-order valence-corrected chi connectivity index (χ2v) is 8.72. The zero-order valence-corrected chi connectivity index (χ0v) is 21.2. The van der Waals surface area contributed by atoms with Gasteiger partial charge in [0.2, 0.25) is 17.7 Å². The number of hydrogen-bond acceptors (Lipinski definition) is 7. The number of aliphatic carboxylic acids is 1. The lowest BCUT2D eigenvalue weighted by molar-refractivity contribution is -0.142. The molecule has 0 aromatic heterocycles. The molecule has 37 heavy (non-hydrogen) atoms. The van der Waals surface area contributed by atoms with E-state index >= 15 is 0 Å².